The third kappa shape index (κ3) is 6.81. The van der Waals surface area contributed by atoms with Gasteiger partial charge in [-0.15, -0.1) is 0 Å². The number of aromatic nitrogens is 4. The number of amides is 2. The molecule has 52 heavy (non-hydrogen) atoms. The molecule has 268 valence electrons. The maximum atomic E-state index is 13.2. The summed E-state index contributed by atoms with van der Waals surface area (Å²) in [7, 11) is 0. The van der Waals surface area contributed by atoms with E-state index < -0.39 is 11.2 Å². The van der Waals surface area contributed by atoms with Gasteiger partial charge < -0.3 is 19.4 Å². The van der Waals surface area contributed by atoms with Crippen LogP contribution in [-0.4, -0.2) is 66.2 Å². The average molecular weight is 699 g/mol. The predicted molar refractivity (Wildman–Crippen MR) is 203 cm³/mol. The van der Waals surface area contributed by atoms with E-state index in [-0.39, 0.29) is 24.3 Å². The van der Waals surface area contributed by atoms with Crippen molar-refractivity contribution in [2.24, 2.45) is 5.92 Å². The molecule has 0 spiro atoms. The topological polar surface area (TPSA) is 116 Å². The SMILES string of the molecule is CC1=CC(c2ncc(-c3ccc4cc(-c5ccc6nc(C7C=C(C8CC8)CN7C(=O)OC(C)(C)C)[nH]c6c5)ccc4c3)[nH]2)N(C(=O)OC(C)(C)C)C1. The van der Waals surface area contributed by atoms with Crippen LogP contribution in [0.25, 0.3) is 44.2 Å². The van der Waals surface area contributed by atoms with Gasteiger partial charge in [-0.2, -0.15) is 0 Å². The molecule has 5 aromatic rings. The van der Waals surface area contributed by atoms with E-state index in [1.54, 1.807) is 9.80 Å². The van der Waals surface area contributed by atoms with Gasteiger partial charge in [0.15, 0.2) is 0 Å². The highest BCUT2D eigenvalue weighted by atomic mass is 16.6. The normalized spacial score (nSPS) is 19.4. The highest BCUT2D eigenvalue weighted by Gasteiger charge is 2.40. The van der Waals surface area contributed by atoms with Crippen molar-refractivity contribution in [3.8, 4) is 22.4 Å². The lowest BCUT2D eigenvalue weighted by Gasteiger charge is -2.28. The smallest absolute Gasteiger partial charge is 0.411 e. The highest BCUT2D eigenvalue weighted by Crippen LogP contribution is 2.43. The minimum atomic E-state index is -0.577. The molecule has 0 bridgehead atoms. The zero-order valence-corrected chi connectivity index (χ0v) is 30.9. The molecule has 8 rings (SSSR count). The fraction of sp³-hybridized carbons (Fsp3) is 0.381. The fourth-order valence-corrected chi connectivity index (χ4v) is 7.16. The van der Waals surface area contributed by atoms with Crippen LogP contribution in [0.2, 0.25) is 0 Å². The molecule has 10 heteroatoms. The number of rotatable bonds is 5. The van der Waals surface area contributed by atoms with Gasteiger partial charge >= 0.3 is 12.2 Å². The van der Waals surface area contributed by atoms with Crippen molar-refractivity contribution < 1.29 is 19.1 Å². The standard InChI is InChI=1S/C42H46N6O4/c1-24-16-35(47(22-24)39(49)51-41(2,3)4)37-43-21-34(46-37)30-13-12-26-17-27(10-11-28(26)18-30)29-14-15-32-33(19-29)45-38(44-32)36-20-31(25-8-9-25)23-48(36)40(50)52-42(5,6)7/h10-21,25,35-36H,8-9,22-23H2,1-7H3,(H,43,46)(H,44,45). The average Bonchev–Trinajstić information content (AvgIpc) is 3.43. The van der Waals surface area contributed by atoms with Gasteiger partial charge in [0.25, 0.3) is 0 Å². The van der Waals surface area contributed by atoms with Crippen LogP contribution >= 0.6 is 0 Å². The Kier molecular flexibility index (Phi) is 8.04. The summed E-state index contributed by atoms with van der Waals surface area (Å²) >= 11 is 0. The largest absolute Gasteiger partial charge is 0.444 e. The Morgan fingerprint density at radius 2 is 1.33 bits per heavy atom. The summed E-state index contributed by atoms with van der Waals surface area (Å²) in [6, 6.07) is 18.5. The minimum absolute atomic E-state index is 0.287. The number of nitrogens with zero attached hydrogens (tertiary/aromatic N) is 4. The van der Waals surface area contributed by atoms with Crippen LogP contribution in [0.3, 0.4) is 0 Å². The Morgan fingerprint density at radius 1 is 0.731 bits per heavy atom. The van der Waals surface area contributed by atoms with Gasteiger partial charge in [-0.1, -0.05) is 48.1 Å². The number of carbonyl (C=O) groups excluding carboxylic acids is 2. The number of imidazole rings is 2. The van der Waals surface area contributed by atoms with Gasteiger partial charge in [0, 0.05) is 18.7 Å². The van der Waals surface area contributed by atoms with E-state index >= 15 is 0 Å². The summed E-state index contributed by atoms with van der Waals surface area (Å²) in [5, 5.41) is 2.23. The van der Waals surface area contributed by atoms with Gasteiger partial charge in [-0.3, -0.25) is 9.80 Å². The van der Waals surface area contributed by atoms with Crippen LogP contribution in [0.5, 0.6) is 0 Å². The fourth-order valence-electron chi connectivity index (χ4n) is 7.16. The second-order valence-corrected chi connectivity index (χ2v) is 16.4. The Labute approximate surface area is 303 Å². The minimum Gasteiger partial charge on any atom is -0.444 e. The Bertz CT molecular complexity index is 2280. The van der Waals surface area contributed by atoms with Crippen molar-refractivity contribution in [3.63, 3.8) is 0 Å². The van der Waals surface area contributed by atoms with Gasteiger partial charge in [0.2, 0.25) is 0 Å². The molecule has 0 saturated heterocycles. The third-order valence-corrected chi connectivity index (χ3v) is 9.76. The molecule has 1 saturated carbocycles. The lowest BCUT2D eigenvalue weighted by Crippen LogP contribution is -2.37. The van der Waals surface area contributed by atoms with E-state index in [2.05, 4.69) is 75.6 Å². The van der Waals surface area contributed by atoms with E-state index in [1.165, 1.54) is 18.4 Å². The number of benzene rings is 3. The number of H-pyrrole nitrogens is 2. The molecule has 3 aromatic carbocycles. The first-order valence-corrected chi connectivity index (χ1v) is 18.1. The molecular weight excluding hydrogens is 653 g/mol. The molecule has 2 unspecified atom stereocenters. The highest BCUT2D eigenvalue weighted by molar-refractivity contribution is 5.92. The number of hydrogen-bond acceptors (Lipinski definition) is 6. The molecule has 2 amide bonds. The zero-order valence-electron chi connectivity index (χ0n) is 30.9. The summed E-state index contributed by atoms with van der Waals surface area (Å²) in [5.74, 6) is 2.01. The number of carbonyl (C=O) groups is 2. The molecule has 1 fully saturated rings. The molecule has 1 aliphatic carbocycles. The third-order valence-electron chi connectivity index (χ3n) is 9.76. The maximum absolute atomic E-state index is 13.2. The molecule has 2 N–H and O–H groups in total. The monoisotopic (exact) mass is 698 g/mol. The van der Waals surface area contributed by atoms with Crippen LogP contribution in [0.15, 0.2) is 84.1 Å². The Morgan fingerprint density at radius 3 is 2.00 bits per heavy atom. The van der Waals surface area contributed by atoms with Gasteiger partial charge in [-0.25, -0.2) is 19.6 Å². The number of aromatic amines is 2. The first kappa shape index (κ1) is 33.7. The van der Waals surface area contributed by atoms with E-state index in [1.807, 2.05) is 60.7 Å². The molecule has 0 radical (unpaired) electrons. The van der Waals surface area contributed by atoms with Gasteiger partial charge in [-0.05, 0) is 119 Å². The molecule has 2 aliphatic heterocycles. The maximum Gasteiger partial charge on any atom is 0.411 e. The van der Waals surface area contributed by atoms with Crippen LogP contribution in [0.4, 0.5) is 9.59 Å². The second kappa shape index (κ2) is 12.4. The van der Waals surface area contributed by atoms with Gasteiger partial charge in [0.05, 0.1) is 22.9 Å². The molecule has 10 nitrogen and oxygen atoms in total. The molecule has 4 heterocycles. The summed E-state index contributed by atoms with van der Waals surface area (Å²) in [6.45, 7) is 14.4. The van der Waals surface area contributed by atoms with Crippen LogP contribution in [0, 0.1) is 5.92 Å². The number of nitrogens with one attached hydrogen (secondary N) is 2. The van der Waals surface area contributed by atoms with Crippen LogP contribution < -0.4 is 0 Å². The lowest BCUT2D eigenvalue weighted by atomic mass is 9.99. The summed E-state index contributed by atoms with van der Waals surface area (Å²) in [4.78, 5) is 46.3. The molecule has 3 aliphatic rings. The van der Waals surface area contributed by atoms with Crippen molar-refractivity contribution in [1.29, 1.82) is 0 Å². The molecule has 2 atom stereocenters. The Balaban J connectivity index is 1.02. The van der Waals surface area contributed by atoms with E-state index in [0.717, 1.165) is 55.6 Å². The quantitative estimate of drug-likeness (QED) is 0.177. The zero-order chi connectivity index (χ0) is 36.5. The van der Waals surface area contributed by atoms with Gasteiger partial charge in [0.1, 0.15) is 34.9 Å². The summed E-state index contributed by atoms with van der Waals surface area (Å²) < 4.78 is 11.5. The predicted octanol–water partition coefficient (Wildman–Crippen LogP) is 9.64. The van der Waals surface area contributed by atoms with E-state index in [4.69, 9.17) is 14.5 Å². The molecular formula is C42H46N6O4. The first-order valence-electron chi connectivity index (χ1n) is 18.1. The number of fused-ring (bicyclic) bond motifs is 2. The van der Waals surface area contributed by atoms with Crippen molar-refractivity contribution in [2.45, 2.75) is 84.6 Å². The lowest BCUT2D eigenvalue weighted by molar-refractivity contribution is 0.0222. The van der Waals surface area contributed by atoms with Crippen molar-refractivity contribution in [3.05, 3.63) is 95.7 Å². The van der Waals surface area contributed by atoms with E-state index in [9.17, 15) is 9.59 Å². The van der Waals surface area contributed by atoms with Crippen molar-refractivity contribution in [1.82, 2.24) is 29.7 Å². The summed E-state index contributed by atoms with van der Waals surface area (Å²) in [6.07, 6.45) is 7.78. The van der Waals surface area contributed by atoms with Crippen molar-refractivity contribution in [2.75, 3.05) is 13.1 Å². The number of hydrogen-bond donors (Lipinski definition) is 2. The van der Waals surface area contributed by atoms with Crippen molar-refractivity contribution >= 4 is 34.0 Å². The van der Waals surface area contributed by atoms with Crippen LogP contribution in [-0.2, 0) is 9.47 Å². The van der Waals surface area contributed by atoms with Crippen LogP contribution in [0.1, 0.15) is 85.0 Å². The second-order valence-electron chi connectivity index (χ2n) is 16.4. The summed E-state index contributed by atoms with van der Waals surface area (Å²) in [5.41, 5.74) is 7.10. The number of ether oxygens (including phenoxy) is 2. The Hall–Kier alpha value is -5.38. The molecule has 2 aromatic heterocycles. The first-order chi connectivity index (χ1) is 24.7. The van der Waals surface area contributed by atoms with E-state index in [0.29, 0.717) is 24.8 Å².